The molecule has 1 aromatic carbocycles. The maximum atomic E-state index is 12.3. The van der Waals surface area contributed by atoms with Gasteiger partial charge in [-0.2, -0.15) is 0 Å². The second-order valence-corrected chi connectivity index (χ2v) is 8.69. The Morgan fingerprint density at radius 2 is 2.04 bits per heavy atom. The first kappa shape index (κ1) is 19.1. The summed E-state index contributed by atoms with van der Waals surface area (Å²) in [6.45, 7) is 5.70. The van der Waals surface area contributed by atoms with Crippen molar-refractivity contribution in [3.8, 4) is 0 Å². The largest absolute Gasteiger partial charge is 0.303 e. The van der Waals surface area contributed by atoms with E-state index in [-0.39, 0.29) is 5.91 Å². The summed E-state index contributed by atoms with van der Waals surface area (Å²) in [5.41, 5.74) is 3.05. The normalized spacial score (nSPS) is 13.7. The second kappa shape index (κ2) is 8.05. The van der Waals surface area contributed by atoms with Gasteiger partial charge in [-0.1, -0.05) is 30.8 Å². The van der Waals surface area contributed by atoms with Gasteiger partial charge in [-0.15, -0.1) is 21.5 Å². The number of nitrogens with zero attached hydrogens (tertiary/aromatic N) is 5. The number of aryl methyl sites for hydroxylation is 2. The Morgan fingerprint density at radius 1 is 1.29 bits per heavy atom. The number of carbonyl (C=O) groups is 1. The van der Waals surface area contributed by atoms with Gasteiger partial charge in [0, 0.05) is 24.1 Å². The summed E-state index contributed by atoms with van der Waals surface area (Å²) >= 11 is 3.15. The molecule has 146 valence electrons. The number of amides is 1. The van der Waals surface area contributed by atoms with Gasteiger partial charge in [0.05, 0.1) is 11.4 Å². The van der Waals surface area contributed by atoms with Gasteiger partial charge in [0.1, 0.15) is 5.82 Å². The zero-order valence-electron chi connectivity index (χ0n) is 16.3. The van der Waals surface area contributed by atoms with Crippen molar-refractivity contribution in [2.24, 2.45) is 0 Å². The molecule has 1 amide bonds. The molecular formula is C20H23N5OS2. The Bertz CT molecular complexity index is 975. The SMILES string of the molecule is CCc1ccc(N(C(C)=O)c2nc(CSc3nnc(C)n3C3CC3)cs2)cc1. The fourth-order valence-corrected chi connectivity index (χ4v) is 5.05. The number of rotatable bonds is 7. The number of aromatic nitrogens is 4. The van der Waals surface area contributed by atoms with Crippen molar-refractivity contribution in [2.45, 2.75) is 57.0 Å². The highest BCUT2D eigenvalue weighted by molar-refractivity contribution is 7.98. The standard InChI is InChI=1S/C20H23N5OS2/c1-4-15-5-7-18(8-6-15)25(14(3)26)19-21-16(11-27-19)12-28-20-23-22-13(2)24(20)17-9-10-17/h5-8,11,17H,4,9-10,12H2,1-3H3. The molecule has 0 spiro atoms. The van der Waals surface area contributed by atoms with E-state index in [0.29, 0.717) is 16.9 Å². The lowest BCUT2D eigenvalue weighted by molar-refractivity contribution is -0.115. The molecule has 0 saturated heterocycles. The first-order valence-electron chi connectivity index (χ1n) is 9.45. The van der Waals surface area contributed by atoms with Gasteiger partial charge in [-0.25, -0.2) is 4.98 Å². The van der Waals surface area contributed by atoms with Crippen LogP contribution in [0.25, 0.3) is 0 Å². The average molecular weight is 414 g/mol. The molecule has 3 aromatic rings. The molecular weight excluding hydrogens is 390 g/mol. The van der Waals surface area contributed by atoms with E-state index in [1.165, 1.54) is 29.7 Å². The second-order valence-electron chi connectivity index (χ2n) is 6.92. The van der Waals surface area contributed by atoms with Crippen molar-refractivity contribution in [3.05, 3.63) is 46.7 Å². The highest BCUT2D eigenvalue weighted by Crippen LogP contribution is 2.39. The van der Waals surface area contributed by atoms with Crippen LogP contribution in [0, 0.1) is 6.92 Å². The summed E-state index contributed by atoms with van der Waals surface area (Å²) in [5.74, 6) is 1.64. The monoisotopic (exact) mass is 413 g/mol. The fourth-order valence-electron chi connectivity index (χ4n) is 3.11. The molecule has 0 atom stereocenters. The summed E-state index contributed by atoms with van der Waals surface area (Å²) < 4.78 is 2.23. The fraction of sp³-hybridized carbons (Fsp3) is 0.400. The lowest BCUT2D eigenvalue weighted by Crippen LogP contribution is -2.22. The molecule has 0 unspecified atom stereocenters. The molecule has 1 aliphatic carbocycles. The third-order valence-electron chi connectivity index (χ3n) is 4.74. The third-order valence-corrected chi connectivity index (χ3v) is 6.60. The summed E-state index contributed by atoms with van der Waals surface area (Å²) in [6, 6.07) is 8.64. The molecule has 1 saturated carbocycles. The third kappa shape index (κ3) is 3.98. The van der Waals surface area contributed by atoms with Crippen molar-refractivity contribution >= 4 is 39.8 Å². The average Bonchev–Trinajstić information content (AvgIpc) is 3.30. The van der Waals surface area contributed by atoms with Crippen molar-refractivity contribution in [3.63, 3.8) is 0 Å². The van der Waals surface area contributed by atoms with Crippen molar-refractivity contribution < 1.29 is 4.79 Å². The Balaban J connectivity index is 1.49. The minimum atomic E-state index is -0.0399. The maximum Gasteiger partial charge on any atom is 0.230 e. The molecule has 1 fully saturated rings. The van der Waals surface area contributed by atoms with E-state index in [2.05, 4.69) is 33.8 Å². The minimum absolute atomic E-state index is 0.0399. The highest BCUT2D eigenvalue weighted by atomic mass is 32.2. The van der Waals surface area contributed by atoms with Gasteiger partial charge in [-0.05, 0) is 43.9 Å². The number of benzene rings is 1. The van der Waals surface area contributed by atoms with Crippen LogP contribution in [0.5, 0.6) is 0 Å². The zero-order valence-corrected chi connectivity index (χ0v) is 17.9. The molecule has 2 aromatic heterocycles. The van der Waals surface area contributed by atoms with Crippen LogP contribution in [0.15, 0.2) is 34.8 Å². The number of carbonyl (C=O) groups excluding carboxylic acids is 1. The molecule has 0 bridgehead atoms. The smallest absolute Gasteiger partial charge is 0.230 e. The van der Waals surface area contributed by atoms with Crippen LogP contribution in [0.1, 0.15) is 49.8 Å². The van der Waals surface area contributed by atoms with E-state index in [1.54, 1.807) is 23.6 Å². The molecule has 0 N–H and O–H groups in total. The van der Waals surface area contributed by atoms with E-state index >= 15 is 0 Å². The van der Waals surface area contributed by atoms with Gasteiger partial charge in [0.15, 0.2) is 10.3 Å². The molecule has 0 aliphatic heterocycles. The van der Waals surface area contributed by atoms with Crippen LogP contribution < -0.4 is 4.90 Å². The molecule has 2 heterocycles. The number of thioether (sulfide) groups is 1. The summed E-state index contributed by atoms with van der Waals surface area (Å²) in [4.78, 5) is 18.7. The van der Waals surface area contributed by atoms with Gasteiger partial charge >= 0.3 is 0 Å². The molecule has 4 rings (SSSR count). The minimum Gasteiger partial charge on any atom is -0.303 e. The van der Waals surface area contributed by atoms with E-state index in [0.717, 1.165) is 28.8 Å². The number of hydrogen-bond donors (Lipinski definition) is 0. The van der Waals surface area contributed by atoms with Gasteiger partial charge < -0.3 is 4.57 Å². The zero-order chi connectivity index (χ0) is 19.7. The predicted octanol–water partition coefficient (Wildman–Crippen LogP) is 4.92. The van der Waals surface area contributed by atoms with Gasteiger partial charge in [-0.3, -0.25) is 9.69 Å². The van der Waals surface area contributed by atoms with Crippen molar-refractivity contribution in [1.29, 1.82) is 0 Å². The molecule has 28 heavy (non-hydrogen) atoms. The lowest BCUT2D eigenvalue weighted by atomic mass is 10.1. The van der Waals surface area contributed by atoms with E-state index < -0.39 is 0 Å². The van der Waals surface area contributed by atoms with Crippen molar-refractivity contribution in [2.75, 3.05) is 4.90 Å². The Hall–Kier alpha value is -2.19. The highest BCUT2D eigenvalue weighted by Gasteiger charge is 2.28. The van der Waals surface area contributed by atoms with Crippen LogP contribution in [-0.2, 0) is 17.0 Å². The van der Waals surface area contributed by atoms with Gasteiger partial charge in [0.2, 0.25) is 5.91 Å². The van der Waals surface area contributed by atoms with E-state index in [4.69, 9.17) is 4.98 Å². The molecule has 1 aliphatic rings. The Morgan fingerprint density at radius 3 is 2.68 bits per heavy atom. The molecule has 6 nitrogen and oxygen atoms in total. The molecule has 8 heteroatoms. The van der Waals surface area contributed by atoms with E-state index in [9.17, 15) is 4.79 Å². The first-order valence-corrected chi connectivity index (χ1v) is 11.3. The first-order chi connectivity index (χ1) is 13.6. The predicted molar refractivity (Wildman–Crippen MR) is 113 cm³/mol. The van der Waals surface area contributed by atoms with E-state index in [1.807, 2.05) is 24.4 Å². The Labute approximate surface area is 173 Å². The molecule has 0 radical (unpaired) electrons. The summed E-state index contributed by atoms with van der Waals surface area (Å²) in [7, 11) is 0. The topological polar surface area (TPSA) is 63.9 Å². The lowest BCUT2D eigenvalue weighted by Gasteiger charge is -2.18. The van der Waals surface area contributed by atoms with Crippen molar-refractivity contribution in [1.82, 2.24) is 19.7 Å². The van der Waals surface area contributed by atoms with Crippen LogP contribution in [0.3, 0.4) is 0 Å². The summed E-state index contributed by atoms with van der Waals surface area (Å²) in [5, 5.41) is 12.2. The number of hydrogen-bond acceptors (Lipinski definition) is 6. The van der Waals surface area contributed by atoms with Crippen LogP contribution in [0.2, 0.25) is 0 Å². The van der Waals surface area contributed by atoms with Crippen LogP contribution in [-0.4, -0.2) is 25.7 Å². The maximum absolute atomic E-state index is 12.3. The number of thiazole rings is 1. The summed E-state index contributed by atoms with van der Waals surface area (Å²) in [6.07, 6.45) is 3.39. The van der Waals surface area contributed by atoms with Gasteiger partial charge in [0.25, 0.3) is 0 Å². The quantitative estimate of drug-likeness (QED) is 0.515. The number of anilines is 2. The Kier molecular flexibility index (Phi) is 5.50. The van der Waals surface area contributed by atoms with Crippen LogP contribution >= 0.6 is 23.1 Å². The van der Waals surface area contributed by atoms with Crippen LogP contribution in [0.4, 0.5) is 10.8 Å².